The molecule has 2 aromatic rings. The van der Waals surface area contributed by atoms with E-state index in [0.717, 1.165) is 0 Å². The van der Waals surface area contributed by atoms with Crippen LogP contribution in [0.5, 0.6) is 0 Å². The zero-order valence-electron chi connectivity index (χ0n) is 15.3. The summed E-state index contributed by atoms with van der Waals surface area (Å²) in [6, 6.07) is 15.9. The third kappa shape index (κ3) is 2.76. The summed E-state index contributed by atoms with van der Waals surface area (Å²) in [5.74, 6) is 0. The zero-order valence-corrected chi connectivity index (χ0v) is 15.3. The van der Waals surface area contributed by atoms with Crippen LogP contribution in [0.4, 0.5) is 0 Å². The van der Waals surface area contributed by atoms with Crippen LogP contribution >= 0.6 is 0 Å². The monoisotopic (exact) mass is 323 g/mol. The third-order valence-corrected chi connectivity index (χ3v) is 6.53. The maximum atomic E-state index is 2.84. The molecule has 2 aromatic carbocycles. The van der Waals surface area contributed by atoms with E-state index >= 15 is 0 Å². The molecular weight excluding hydrogens is 292 g/mol. The molecule has 2 heteroatoms. The third-order valence-electron chi connectivity index (χ3n) is 6.53. The quantitative estimate of drug-likeness (QED) is 0.741. The second-order valence-corrected chi connectivity index (χ2v) is 8.49. The average Bonchev–Trinajstić information content (AvgIpc) is 2.62. The van der Waals surface area contributed by atoms with Crippen LogP contribution < -0.4 is 0 Å². The molecule has 1 heterocycles. The van der Waals surface area contributed by atoms with Gasteiger partial charge in [-0.05, 0) is 29.2 Å². The fourth-order valence-electron chi connectivity index (χ4n) is 4.96. The molecule has 1 aliphatic heterocycles. The molecule has 2 nitrogen and oxygen atoms in total. The van der Waals surface area contributed by atoms with E-state index in [2.05, 4.69) is 61.5 Å². The molecule has 1 aliphatic carbocycles. The van der Waals surface area contributed by atoms with Crippen LogP contribution in [0.2, 0.25) is 0 Å². The lowest BCUT2D eigenvalue weighted by Crippen LogP contribution is -2.60. The molecule has 128 valence electrons. The van der Waals surface area contributed by atoms with E-state index in [1.165, 1.54) is 73.5 Å². The van der Waals surface area contributed by atoms with Crippen molar-refractivity contribution in [2.24, 2.45) is 0 Å². The van der Waals surface area contributed by atoms with Crippen molar-refractivity contribution in [3.8, 4) is 0 Å². The molecule has 0 radical (unpaired) electrons. The highest BCUT2D eigenvalue weighted by Gasteiger charge is 2.43. The van der Waals surface area contributed by atoms with Gasteiger partial charge in [-0.2, -0.15) is 0 Å². The number of nitrogens with zero attached hydrogens (tertiary/aromatic N) is 2. The van der Waals surface area contributed by atoms with Crippen LogP contribution in [0.15, 0.2) is 42.5 Å². The molecule has 0 spiro atoms. The summed E-state index contributed by atoms with van der Waals surface area (Å²) in [7, 11) is 4.76. The first-order valence-electron chi connectivity index (χ1n) is 9.66. The van der Waals surface area contributed by atoms with Gasteiger partial charge in [0.25, 0.3) is 0 Å². The van der Waals surface area contributed by atoms with E-state index in [0.29, 0.717) is 0 Å². The molecule has 2 fully saturated rings. The van der Waals surface area contributed by atoms with Crippen molar-refractivity contribution in [2.75, 3.05) is 40.3 Å². The summed E-state index contributed by atoms with van der Waals surface area (Å²) < 4.78 is 1.17. The number of piperazine rings is 1. The topological polar surface area (TPSA) is 3.24 Å². The largest absolute Gasteiger partial charge is 0.326 e. The molecule has 24 heavy (non-hydrogen) atoms. The lowest BCUT2D eigenvalue weighted by molar-refractivity contribution is -0.895. The van der Waals surface area contributed by atoms with E-state index < -0.39 is 0 Å². The number of fused-ring (bicyclic) bond motifs is 1. The minimum Gasteiger partial charge on any atom is -0.326 e. The molecule has 1 saturated carbocycles. The summed E-state index contributed by atoms with van der Waals surface area (Å²) in [5.41, 5.74) is 1.85. The highest BCUT2D eigenvalue weighted by Crippen LogP contribution is 2.45. The predicted octanol–water partition coefficient (Wildman–Crippen LogP) is 4.39. The van der Waals surface area contributed by atoms with Gasteiger partial charge >= 0.3 is 0 Å². The van der Waals surface area contributed by atoms with Gasteiger partial charge in [0.15, 0.2) is 0 Å². The average molecular weight is 324 g/mol. The summed E-state index contributed by atoms with van der Waals surface area (Å²) in [5, 5.41) is 2.87. The molecule has 0 aromatic heterocycles. The fraction of sp³-hybridized carbons (Fsp3) is 0.545. The van der Waals surface area contributed by atoms with E-state index in [-0.39, 0.29) is 5.54 Å². The van der Waals surface area contributed by atoms with Gasteiger partial charge in [-0.1, -0.05) is 61.7 Å². The number of quaternary nitrogens is 1. The van der Waals surface area contributed by atoms with Crippen LogP contribution in [0, 0.1) is 0 Å². The van der Waals surface area contributed by atoms with Crippen molar-refractivity contribution in [2.45, 2.75) is 37.6 Å². The van der Waals surface area contributed by atoms with Gasteiger partial charge in [0.1, 0.15) is 0 Å². The van der Waals surface area contributed by atoms with E-state index in [4.69, 9.17) is 0 Å². The number of rotatable bonds is 2. The van der Waals surface area contributed by atoms with Crippen LogP contribution in [0.1, 0.15) is 37.7 Å². The molecule has 2 aliphatic rings. The van der Waals surface area contributed by atoms with Gasteiger partial charge in [0, 0.05) is 18.6 Å². The van der Waals surface area contributed by atoms with Crippen molar-refractivity contribution < 1.29 is 4.48 Å². The lowest BCUT2D eigenvalue weighted by atomic mass is 9.73. The van der Waals surface area contributed by atoms with Gasteiger partial charge in [-0.25, -0.2) is 0 Å². The van der Waals surface area contributed by atoms with Gasteiger partial charge < -0.3 is 4.48 Å². The van der Waals surface area contributed by atoms with Gasteiger partial charge in [-0.15, -0.1) is 0 Å². The molecule has 0 amide bonds. The normalized spacial score (nSPS) is 24.1. The second kappa shape index (κ2) is 6.16. The maximum absolute atomic E-state index is 2.84. The van der Waals surface area contributed by atoms with Crippen molar-refractivity contribution >= 4 is 10.8 Å². The Morgan fingerprint density at radius 3 is 2.25 bits per heavy atom. The van der Waals surface area contributed by atoms with E-state index in [1.54, 1.807) is 5.56 Å². The van der Waals surface area contributed by atoms with Crippen molar-refractivity contribution in [1.82, 2.24) is 4.90 Å². The summed E-state index contributed by atoms with van der Waals surface area (Å²) in [6.07, 6.45) is 6.81. The maximum Gasteiger partial charge on any atom is 0.0912 e. The Labute approximate surface area is 146 Å². The first kappa shape index (κ1) is 16.1. The van der Waals surface area contributed by atoms with Crippen LogP contribution in [-0.2, 0) is 5.54 Å². The second-order valence-electron chi connectivity index (χ2n) is 8.49. The van der Waals surface area contributed by atoms with Crippen molar-refractivity contribution in [3.63, 3.8) is 0 Å². The number of likely N-dealkylation sites (N-methyl/N-ethyl adjacent to an activating group) is 1. The first-order chi connectivity index (χ1) is 11.6. The Morgan fingerprint density at radius 1 is 0.833 bits per heavy atom. The highest BCUT2D eigenvalue weighted by atomic mass is 15.4. The molecule has 4 rings (SSSR count). The minimum absolute atomic E-state index is 0.263. The molecule has 1 saturated heterocycles. The Balaban J connectivity index is 1.79. The van der Waals surface area contributed by atoms with E-state index in [9.17, 15) is 0 Å². The lowest BCUT2D eigenvalue weighted by Gasteiger charge is -2.51. The summed E-state index contributed by atoms with van der Waals surface area (Å²) >= 11 is 0. The SMILES string of the molecule is C[N+]1(C)CCN(C2(c3cccc4ccccc34)CCCCC2)CC1. The fourth-order valence-corrected chi connectivity index (χ4v) is 4.96. The first-order valence-corrected chi connectivity index (χ1v) is 9.66. The van der Waals surface area contributed by atoms with Crippen LogP contribution in [0.3, 0.4) is 0 Å². The van der Waals surface area contributed by atoms with Crippen LogP contribution in [-0.4, -0.2) is 49.7 Å². The van der Waals surface area contributed by atoms with Gasteiger partial charge in [0.2, 0.25) is 0 Å². The zero-order chi connectivity index (χ0) is 16.6. The Bertz CT molecular complexity index is 697. The standard InChI is InChI=1S/C22H31N2/c1-24(2)17-15-23(16-18-24)22(13-6-3-7-14-22)21-12-8-10-19-9-4-5-11-20(19)21/h4-5,8-12H,3,6-7,13-18H2,1-2H3/q+1. The van der Waals surface area contributed by atoms with Gasteiger partial charge in [-0.3, -0.25) is 4.90 Å². The summed E-state index contributed by atoms with van der Waals surface area (Å²) in [6.45, 7) is 5.01. The molecule has 0 N–H and O–H groups in total. The Hall–Kier alpha value is -1.38. The highest BCUT2D eigenvalue weighted by molar-refractivity contribution is 5.86. The Morgan fingerprint density at radius 2 is 1.50 bits per heavy atom. The molecule has 0 atom stereocenters. The number of hydrogen-bond donors (Lipinski definition) is 0. The van der Waals surface area contributed by atoms with E-state index in [1.807, 2.05) is 0 Å². The molecule has 0 bridgehead atoms. The Kier molecular flexibility index (Phi) is 4.14. The van der Waals surface area contributed by atoms with Crippen molar-refractivity contribution in [1.29, 1.82) is 0 Å². The predicted molar refractivity (Wildman–Crippen MR) is 102 cm³/mol. The van der Waals surface area contributed by atoms with Crippen LogP contribution in [0.25, 0.3) is 10.8 Å². The molecular formula is C22H31N2+. The summed E-state index contributed by atoms with van der Waals surface area (Å²) in [4.78, 5) is 2.84. The smallest absolute Gasteiger partial charge is 0.0912 e. The number of benzene rings is 2. The number of hydrogen-bond acceptors (Lipinski definition) is 1. The molecule has 0 unspecified atom stereocenters. The minimum atomic E-state index is 0.263. The van der Waals surface area contributed by atoms with Crippen molar-refractivity contribution in [3.05, 3.63) is 48.0 Å². The van der Waals surface area contributed by atoms with Gasteiger partial charge in [0.05, 0.1) is 27.2 Å².